The monoisotopic (exact) mass is 305 g/mol. The Kier molecular flexibility index (Phi) is 3.22. The zero-order chi connectivity index (χ0) is 16.0. The predicted molar refractivity (Wildman–Crippen MR) is 91.7 cm³/mol. The predicted octanol–water partition coefficient (Wildman–Crippen LogP) is 4.51. The molecule has 0 spiro atoms. The van der Waals surface area contributed by atoms with E-state index in [1.807, 2.05) is 24.3 Å². The van der Waals surface area contributed by atoms with Gasteiger partial charge >= 0.3 is 5.97 Å². The molecular weight excluding hydrogens is 286 g/mol. The quantitative estimate of drug-likeness (QED) is 0.667. The molecule has 1 aliphatic carbocycles. The summed E-state index contributed by atoms with van der Waals surface area (Å²) in [4.78, 5) is 11.9. The van der Waals surface area contributed by atoms with Crippen LogP contribution >= 0.6 is 0 Å². The number of hydrogen-bond acceptors (Lipinski definition) is 2. The van der Waals surface area contributed by atoms with Crippen LogP contribution in [0, 0.1) is 0 Å². The van der Waals surface area contributed by atoms with Gasteiger partial charge in [0.05, 0.1) is 12.7 Å². The van der Waals surface area contributed by atoms with E-state index in [-0.39, 0.29) is 5.97 Å². The van der Waals surface area contributed by atoms with E-state index in [1.54, 1.807) is 0 Å². The van der Waals surface area contributed by atoms with Gasteiger partial charge in [0, 0.05) is 29.2 Å². The number of methoxy groups -OCH3 is 1. The van der Waals surface area contributed by atoms with Gasteiger partial charge in [-0.2, -0.15) is 0 Å². The summed E-state index contributed by atoms with van der Waals surface area (Å²) in [6.45, 7) is 0. The van der Waals surface area contributed by atoms with Gasteiger partial charge in [0.15, 0.2) is 0 Å². The molecule has 0 aliphatic heterocycles. The molecule has 3 nitrogen and oxygen atoms in total. The molecule has 116 valence electrons. The van der Waals surface area contributed by atoms with Gasteiger partial charge in [0.25, 0.3) is 0 Å². The van der Waals surface area contributed by atoms with Crippen LogP contribution in [0.4, 0.5) is 0 Å². The number of fused-ring (bicyclic) bond motifs is 1. The molecule has 0 amide bonds. The zero-order valence-corrected chi connectivity index (χ0v) is 13.4. The van der Waals surface area contributed by atoms with Crippen molar-refractivity contribution in [1.82, 2.24) is 4.57 Å². The number of nitrogens with zero attached hydrogens (tertiary/aromatic N) is 1. The molecule has 1 heterocycles. The topological polar surface area (TPSA) is 31.2 Å². The summed E-state index contributed by atoms with van der Waals surface area (Å²) in [5, 5.41) is 1.13. The number of ether oxygens (including phenoxy) is 1. The van der Waals surface area contributed by atoms with Gasteiger partial charge < -0.3 is 9.30 Å². The minimum absolute atomic E-state index is 0.289. The number of aryl methyl sites for hydroxylation is 1. The Morgan fingerprint density at radius 3 is 2.52 bits per heavy atom. The van der Waals surface area contributed by atoms with Gasteiger partial charge in [-0.05, 0) is 42.5 Å². The van der Waals surface area contributed by atoms with Crippen molar-refractivity contribution in [1.29, 1.82) is 0 Å². The van der Waals surface area contributed by atoms with E-state index in [1.165, 1.54) is 42.3 Å². The SMILES string of the molecule is COC(=O)c1ccc2c(c1)c(-c1ccccc1)c(C1CC1)n2C. The molecule has 0 radical (unpaired) electrons. The highest BCUT2D eigenvalue weighted by Crippen LogP contribution is 2.48. The molecular formula is C20H19NO2. The number of aromatic nitrogens is 1. The van der Waals surface area contributed by atoms with E-state index in [0.717, 1.165) is 5.39 Å². The largest absolute Gasteiger partial charge is 0.465 e. The number of carbonyl (C=O) groups excluding carboxylic acids is 1. The van der Waals surface area contributed by atoms with Crippen molar-refractivity contribution < 1.29 is 9.53 Å². The number of carbonyl (C=O) groups is 1. The molecule has 0 N–H and O–H groups in total. The normalized spacial score (nSPS) is 14.2. The van der Waals surface area contributed by atoms with Crippen molar-refractivity contribution in [3.63, 3.8) is 0 Å². The van der Waals surface area contributed by atoms with E-state index in [0.29, 0.717) is 11.5 Å². The van der Waals surface area contributed by atoms with Gasteiger partial charge in [0.1, 0.15) is 0 Å². The van der Waals surface area contributed by atoms with Crippen molar-refractivity contribution >= 4 is 16.9 Å². The Balaban J connectivity index is 2.03. The standard InChI is InChI=1S/C20H19NO2/c1-21-17-11-10-15(20(22)23-2)12-16(17)18(19(21)14-8-9-14)13-6-4-3-5-7-13/h3-7,10-12,14H,8-9H2,1-2H3. The van der Waals surface area contributed by atoms with Crippen LogP contribution in [0.3, 0.4) is 0 Å². The first-order valence-corrected chi connectivity index (χ1v) is 7.96. The lowest BCUT2D eigenvalue weighted by Crippen LogP contribution is -2.00. The summed E-state index contributed by atoms with van der Waals surface area (Å²) in [7, 11) is 3.55. The fourth-order valence-electron chi connectivity index (χ4n) is 3.45. The first kappa shape index (κ1) is 14.1. The highest BCUT2D eigenvalue weighted by molar-refractivity contribution is 6.02. The summed E-state index contributed by atoms with van der Waals surface area (Å²) in [5.74, 6) is 0.340. The van der Waals surface area contributed by atoms with Gasteiger partial charge in [0.2, 0.25) is 0 Å². The zero-order valence-electron chi connectivity index (χ0n) is 13.4. The molecule has 23 heavy (non-hydrogen) atoms. The van der Waals surface area contributed by atoms with Crippen molar-refractivity contribution in [2.24, 2.45) is 7.05 Å². The maximum absolute atomic E-state index is 11.9. The molecule has 4 rings (SSSR count). The summed E-state index contributed by atoms with van der Waals surface area (Å²) >= 11 is 0. The first-order chi connectivity index (χ1) is 11.2. The third-order valence-electron chi connectivity index (χ3n) is 4.69. The third-order valence-corrected chi connectivity index (χ3v) is 4.69. The van der Waals surface area contributed by atoms with Crippen molar-refractivity contribution in [3.05, 3.63) is 59.8 Å². The summed E-state index contributed by atoms with van der Waals surface area (Å²) in [6.07, 6.45) is 2.49. The number of hydrogen-bond donors (Lipinski definition) is 0. The van der Waals surface area contributed by atoms with Crippen molar-refractivity contribution in [2.45, 2.75) is 18.8 Å². The van der Waals surface area contributed by atoms with Crippen LogP contribution in [0.25, 0.3) is 22.0 Å². The average Bonchev–Trinajstić information content (AvgIpc) is 3.39. The van der Waals surface area contributed by atoms with Gasteiger partial charge in [-0.1, -0.05) is 30.3 Å². The van der Waals surface area contributed by atoms with E-state index in [4.69, 9.17) is 4.74 Å². The fourth-order valence-corrected chi connectivity index (χ4v) is 3.45. The summed E-state index contributed by atoms with van der Waals surface area (Å²) in [5.41, 5.74) is 5.62. The number of benzene rings is 2. The van der Waals surface area contributed by atoms with E-state index in [9.17, 15) is 4.79 Å². The highest BCUT2D eigenvalue weighted by atomic mass is 16.5. The second-order valence-electron chi connectivity index (χ2n) is 6.18. The maximum atomic E-state index is 11.9. The molecule has 0 saturated heterocycles. The molecule has 2 aromatic carbocycles. The number of esters is 1. The van der Waals surface area contributed by atoms with E-state index < -0.39 is 0 Å². The minimum atomic E-state index is -0.289. The van der Waals surface area contributed by atoms with Crippen LogP contribution in [0.15, 0.2) is 48.5 Å². The fraction of sp³-hybridized carbons (Fsp3) is 0.250. The maximum Gasteiger partial charge on any atom is 0.337 e. The lowest BCUT2D eigenvalue weighted by molar-refractivity contribution is 0.0601. The summed E-state index contributed by atoms with van der Waals surface area (Å²) < 4.78 is 7.17. The van der Waals surface area contributed by atoms with Crippen LogP contribution in [0.5, 0.6) is 0 Å². The van der Waals surface area contributed by atoms with Crippen LogP contribution in [-0.2, 0) is 11.8 Å². The third kappa shape index (κ3) is 2.24. The van der Waals surface area contributed by atoms with Crippen molar-refractivity contribution in [2.75, 3.05) is 7.11 Å². The molecule has 0 atom stereocenters. The van der Waals surface area contributed by atoms with Gasteiger partial charge in [-0.3, -0.25) is 0 Å². The molecule has 0 unspecified atom stereocenters. The smallest absolute Gasteiger partial charge is 0.337 e. The van der Waals surface area contributed by atoms with Gasteiger partial charge in [-0.15, -0.1) is 0 Å². The van der Waals surface area contributed by atoms with Crippen LogP contribution < -0.4 is 0 Å². The molecule has 1 aliphatic rings. The highest BCUT2D eigenvalue weighted by Gasteiger charge is 2.31. The second kappa shape index (κ2) is 5.27. The number of rotatable bonds is 3. The molecule has 3 aromatic rings. The molecule has 1 fully saturated rings. The molecule has 1 aromatic heterocycles. The Morgan fingerprint density at radius 2 is 1.87 bits per heavy atom. The first-order valence-electron chi connectivity index (χ1n) is 7.96. The van der Waals surface area contributed by atoms with E-state index in [2.05, 4.69) is 35.9 Å². The average molecular weight is 305 g/mol. The van der Waals surface area contributed by atoms with E-state index >= 15 is 0 Å². The second-order valence-corrected chi connectivity index (χ2v) is 6.18. The van der Waals surface area contributed by atoms with Crippen LogP contribution in [0.1, 0.15) is 34.8 Å². The minimum Gasteiger partial charge on any atom is -0.465 e. The Hall–Kier alpha value is -2.55. The Labute approximate surface area is 135 Å². The molecule has 1 saturated carbocycles. The van der Waals surface area contributed by atoms with Gasteiger partial charge in [-0.25, -0.2) is 4.79 Å². The van der Waals surface area contributed by atoms with Crippen LogP contribution in [0.2, 0.25) is 0 Å². The lowest BCUT2D eigenvalue weighted by atomic mass is 9.99. The molecule has 3 heteroatoms. The molecule has 0 bridgehead atoms. The van der Waals surface area contributed by atoms with Crippen molar-refractivity contribution in [3.8, 4) is 11.1 Å². The summed E-state index contributed by atoms with van der Waals surface area (Å²) in [6, 6.07) is 16.3. The Bertz CT molecular complexity index is 889. The Morgan fingerprint density at radius 1 is 1.13 bits per heavy atom. The van der Waals surface area contributed by atoms with Crippen LogP contribution in [-0.4, -0.2) is 17.6 Å². The lowest BCUT2D eigenvalue weighted by Gasteiger charge is -2.07.